The van der Waals surface area contributed by atoms with Crippen LogP contribution in [0.2, 0.25) is 0 Å². The third-order valence-corrected chi connectivity index (χ3v) is 3.97. The number of nitrogens with zero attached hydrogens (tertiary/aromatic N) is 2. The summed E-state index contributed by atoms with van der Waals surface area (Å²) in [6, 6.07) is 8.74. The van der Waals surface area contributed by atoms with Crippen molar-refractivity contribution in [2.75, 3.05) is 13.1 Å². The minimum absolute atomic E-state index is 0.201. The van der Waals surface area contributed by atoms with Crippen molar-refractivity contribution in [2.45, 2.75) is 32.1 Å². The average Bonchev–Trinajstić information content (AvgIpc) is 2.50. The van der Waals surface area contributed by atoms with Gasteiger partial charge in [-0.25, -0.2) is 14.4 Å². The maximum Gasteiger partial charge on any atom is 0.125 e. The van der Waals surface area contributed by atoms with Crippen molar-refractivity contribution in [3.8, 4) is 0 Å². The maximum atomic E-state index is 13.0. The van der Waals surface area contributed by atoms with Crippen LogP contribution in [0.25, 0.3) is 0 Å². The Kier molecular flexibility index (Phi) is 4.25. The molecule has 1 aromatic carbocycles. The molecule has 3 rings (SSSR count). The molecule has 0 saturated carbocycles. The number of hydrogen-bond donors (Lipinski definition) is 1. The second-order valence-electron chi connectivity index (χ2n) is 5.66. The van der Waals surface area contributed by atoms with E-state index in [4.69, 9.17) is 0 Å². The molecule has 110 valence electrons. The molecule has 0 aliphatic carbocycles. The van der Waals surface area contributed by atoms with Crippen LogP contribution in [0.3, 0.4) is 0 Å². The van der Waals surface area contributed by atoms with Crippen LogP contribution in [-0.4, -0.2) is 23.1 Å². The Morgan fingerprint density at radius 3 is 2.57 bits per heavy atom. The summed E-state index contributed by atoms with van der Waals surface area (Å²) in [5.41, 5.74) is 3.24. The predicted octanol–water partition coefficient (Wildman–Crippen LogP) is 2.98. The highest BCUT2D eigenvalue weighted by Crippen LogP contribution is 2.24. The molecule has 0 spiro atoms. The summed E-state index contributed by atoms with van der Waals surface area (Å²) in [7, 11) is 0. The number of rotatable bonds is 3. The highest BCUT2D eigenvalue weighted by atomic mass is 19.1. The van der Waals surface area contributed by atoms with Gasteiger partial charge in [-0.1, -0.05) is 12.1 Å². The van der Waals surface area contributed by atoms with Gasteiger partial charge in [-0.15, -0.1) is 0 Å². The summed E-state index contributed by atoms with van der Waals surface area (Å²) in [5.74, 6) is 1.15. The van der Waals surface area contributed by atoms with Crippen molar-refractivity contribution >= 4 is 0 Å². The van der Waals surface area contributed by atoms with E-state index in [1.54, 1.807) is 0 Å². The van der Waals surface area contributed by atoms with E-state index in [2.05, 4.69) is 21.4 Å². The van der Waals surface area contributed by atoms with E-state index in [-0.39, 0.29) is 5.82 Å². The highest BCUT2D eigenvalue weighted by molar-refractivity contribution is 5.24. The summed E-state index contributed by atoms with van der Waals surface area (Å²) in [4.78, 5) is 9.14. The molecular weight excluding hydrogens is 265 g/mol. The van der Waals surface area contributed by atoms with E-state index in [1.807, 2.05) is 19.1 Å². The van der Waals surface area contributed by atoms with Crippen molar-refractivity contribution in [3.63, 3.8) is 0 Å². The Morgan fingerprint density at radius 1 is 1.14 bits per heavy atom. The van der Waals surface area contributed by atoms with Gasteiger partial charge in [-0.3, -0.25) is 0 Å². The molecule has 2 heterocycles. The minimum Gasteiger partial charge on any atom is -0.317 e. The minimum atomic E-state index is -0.201. The van der Waals surface area contributed by atoms with Crippen LogP contribution in [0, 0.1) is 12.7 Å². The molecule has 1 N–H and O–H groups in total. The van der Waals surface area contributed by atoms with Gasteiger partial charge in [0, 0.05) is 23.7 Å². The molecule has 0 amide bonds. The van der Waals surface area contributed by atoms with E-state index < -0.39 is 0 Å². The van der Waals surface area contributed by atoms with E-state index in [9.17, 15) is 4.39 Å². The zero-order chi connectivity index (χ0) is 14.7. The monoisotopic (exact) mass is 285 g/mol. The molecule has 3 nitrogen and oxygen atoms in total. The summed E-state index contributed by atoms with van der Waals surface area (Å²) in [6.45, 7) is 4.06. The molecule has 1 fully saturated rings. The number of aryl methyl sites for hydroxylation is 1. The van der Waals surface area contributed by atoms with Gasteiger partial charge in [-0.2, -0.15) is 0 Å². The summed E-state index contributed by atoms with van der Waals surface area (Å²) >= 11 is 0. The SMILES string of the molecule is Cc1nc(Cc2ccc(F)cc2)cc(C2CCNCC2)n1. The molecule has 4 heteroatoms. The Bertz CT molecular complexity index is 604. The maximum absolute atomic E-state index is 13.0. The van der Waals surface area contributed by atoms with Gasteiger partial charge in [0.25, 0.3) is 0 Å². The van der Waals surface area contributed by atoms with Crippen LogP contribution in [0.4, 0.5) is 4.39 Å². The van der Waals surface area contributed by atoms with Gasteiger partial charge < -0.3 is 5.32 Å². The lowest BCUT2D eigenvalue weighted by Crippen LogP contribution is -2.27. The lowest BCUT2D eigenvalue weighted by molar-refractivity contribution is 0.451. The molecule has 1 aliphatic rings. The molecule has 0 bridgehead atoms. The van der Waals surface area contributed by atoms with Crippen molar-refractivity contribution in [1.82, 2.24) is 15.3 Å². The Balaban J connectivity index is 1.81. The lowest BCUT2D eigenvalue weighted by Gasteiger charge is -2.22. The Hall–Kier alpha value is -1.81. The van der Waals surface area contributed by atoms with Crippen LogP contribution < -0.4 is 5.32 Å². The first-order chi connectivity index (χ1) is 10.2. The first kappa shape index (κ1) is 14.1. The number of benzene rings is 1. The second kappa shape index (κ2) is 6.31. The zero-order valence-corrected chi connectivity index (χ0v) is 12.3. The van der Waals surface area contributed by atoms with Gasteiger partial charge in [0.1, 0.15) is 11.6 Å². The fourth-order valence-electron chi connectivity index (χ4n) is 2.88. The largest absolute Gasteiger partial charge is 0.317 e. The summed E-state index contributed by atoms with van der Waals surface area (Å²) in [5, 5.41) is 3.38. The predicted molar refractivity (Wildman–Crippen MR) is 80.8 cm³/mol. The van der Waals surface area contributed by atoms with Gasteiger partial charge in [-0.05, 0) is 56.6 Å². The second-order valence-corrected chi connectivity index (χ2v) is 5.66. The Morgan fingerprint density at radius 2 is 1.86 bits per heavy atom. The summed E-state index contributed by atoms with van der Waals surface area (Å²) < 4.78 is 13.0. The van der Waals surface area contributed by atoms with Crippen LogP contribution in [0.1, 0.15) is 41.5 Å². The smallest absolute Gasteiger partial charge is 0.125 e. The molecule has 21 heavy (non-hydrogen) atoms. The molecule has 1 aliphatic heterocycles. The summed E-state index contributed by atoms with van der Waals surface area (Å²) in [6.07, 6.45) is 2.99. The van der Waals surface area contributed by atoms with E-state index in [1.165, 1.54) is 12.1 Å². The molecule has 0 atom stereocenters. The van der Waals surface area contributed by atoms with E-state index >= 15 is 0 Å². The lowest BCUT2D eigenvalue weighted by atomic mass is 9.93. The first-order valence-electron chi connectivity index (χ1n) is 7.50. The van der Waals surface area contributed by atoms with Gasteiger partial charge in [0.15, 0.2) is 0 Å². The Labute approximate surface area is 124 Å². The zero-order valence-electron chi connectivity index (χ0n) is 12.3. The fraction of sp³-hybridized carbons (Fsp3) is 0.412. The van der Waals surface area contributed by atoms with Gasteiger partial charge in [0.05, 0.1) is 0 Å². The molecule has 2 aromatic rings. The number of halogens is 1. The normalized spacial score (nSPS) is 16.1. The van der Waals surface area contributed by atoms with Crippen molar-refractivity contribution in [3.05, 3.63) is 58.9 Å². The third kappa shape index (κ3) is 3.64. The molecule has 1 aromatic heterocycles. The van der Waals surface area contributed by atoms with Crippen molar-refractivity contribution in [2.24, 2.45) is 0 Å². The average molecular weight is 285 g/mol. The topological polar surface area (TPSA) is 37.8 Å². The van der Waals surface area contributed by atoms with Gasteiger partial charge >= 0.3 is 0 Å². The molecule has 0 radical (unpaired) electrons. The number of piperidine rings is 1. The van der Waals surface area contributed by atoms with Crippen LogP contribution in [0.5, 0.6) is 0 Å². The number of hydrogen-bond acceptors (Lipinski definition) is 3. The van der Waals surface area contributed by atoms with Crippen molar-refractivity contribution < 1.29 is 4.39 Å². The number of nitrogens with one attached hydrogen (secondary N) is 1. The quantitative estimate of drug-likeness (QED) is 0.942. The standard InChI is InChI=1S/C17H20FN3/c1-12-20-16(10-13-2-4-15(18)5-3-13)11-17(21-12)14-6-8-19-9-7-14/h2-5,11,14,19H,6-10H2,1H3. The van der Waals surface area contributed by atoms with Crippen LogP contribution in [0.15, 0.2) is 30.3 Å². The highest BCUT2D eigenvalue weighted by Gasteiger charge is 2.17. The third-order valence-electron chi connectivity index (χ3n) is 3.97. The molecule has 0 unspecified atom stereocenters. The van der Waals surface area contributed by atoms with E-state index in [0.29, 0.717) is 5.92 Å². The fourth-order valence-corrected chi connectivity index (χ4v) is 2.88. The van der Waals surface area contributed by atoms with E-state index in [0.717, 1.165) is 55.1 Å². The number of aromatic nitrogens is 2. The molecular formula is C17H20FN3. The first-order valence-corrected chi connectivity index (χ1v) is 7.50. The molecule has 1 saturated heterocycles. The van der Waals surface area contributed by atoms with Crippen LogP contribution >= 0.6 is 0 Å². The van der Waals surface area contributed by atoms with Gasteiger partial charge in [0.2, 0.25) is 0 Å². The van der Waals surface area contributed by atoms with Crippen LogP contribution in [-0.2, 0) is 6.42 Å². The van der Waals surface area contributed by atoms with Crippen molar-refractivity contribution in [1.29, 1.82) is 0 Å².